The fraction of sp³-hybridized carbons (Fsp3) is 0.611. The Labute approximate surface area is 138 Å². The van der Waals surface area contributed by atoms with Crippen LogP contribution in [0.15, 0.2) is 24.3 Å². The highest BCUT2D eigenvalue weighted by Crippen LogP contribution is 2.20. The van der Waals surface area contributed by atoms with E-state index in [1.165, 1.54) is 11.0 Å². The molecule has 0 aromatic heterocycles. The number of piperazine rings is 1. The molecule has 1 saturated heterocycles. The summed E-state index contributed by atoms with van der Waals surface area (Å²) in [7, 11) is 0. The molecule has 1 N–H and O–H groups in total. The second kappa shape index (κ2) is 6.48. The van der Waals surface area contributed by atoms with Gasteiger partial charge in [0.25, 0.3) is 0 Å². The number of carbonyl (C=O) groups is 1. The van der Waals surface area contributed by atoms with Crippen LogP contribution in [-0.2, 0) is 10.3 Å². The molecule has 1 heterocycles. The molecule has 1 aromatic carbocycles. The van der Waals surface area contributed by atoms with Crippen LogP contribution in [0.25, 0.3) is 0 Å². The van der Waals surface area contributed by atoms with Gasteiger partial charge in [-0.3, -0.25) is 4.90 Å². The zero-order valence-electron chi connectivity index (χ0n) is 14.8. The Morgan fingerprint density at radius 1 is 1.13 bits per heavy atom. The molecule has 4 nitrogen and oxygen atoms in total. The predicted octanol–water partition coefficient (Wildman–Crippen LogP) is 2.20. The molecule has 0 spiro atoms. The van der Waals surface area contributed by atoms with Crippen molar-refractivity contribution in [3.63, 3.8) is 0 Å². The quantitative estimate of drug-likeness (QED) is 0.905. The molecular weight excluding hydrogens is 295 g/mol. The summed E-state index contributed by atoms with van der Waals surface area (Å²) in [5, 5.41) is 0. The summed E-state index contributed by atoms with van der Waals surface area (Å²) in [6.07, 6.45) is -0.264. The molecule has 5 heteroatoms. The Kier molecular flexibility index (Phi) is 4.99. The first-order chi connectivity index (χ1) is 10.6. The average molecular weight is 323 g/mol. The molecule has 1 aliphatic rings. The van der Waals surface area contributed by atoms with Crippen LogP contribution >= 0.6 is 0 Å². The Morgan fingerprint density at radius 2 is 1.70 bits per heavy atom. The lowest BCUT2D eigenvalue weighted by molar-refractivity contribution is -0.960. The van der Waals surface area contributed by atoms with Gasteiger partial charge in [0, 0.05) is 5.56 Å². The molecule has 0 atom stereocenters. The van der Waals surface area contributed by atoms with Crippen molar-refractivity contribution in [2.45, 2.75) is 45.8 Å². The summed E-state index contributed by atoms with van der Waals surface area (Å²) in [4.78, 5) is 15.2. The summed E-state index contributed by atoms with van der Waals surface area (Å²) < 4.78 is 19.6. The van der Waals surface area contributed by atoms with Crippen LogP contribution < -0.4 is 4.90 Å². The number of benzene rings is 1. The van der Waals surface area contributed by atoms with Crippen LogP contribution in [0, 0.1) is 5.82 Å². The summed E-state index contributed by atoms with van der Waals surface area (Å²) in [5.41, 5.74) is -0.0838. The van der Waals surface area contributed by atoms with Crippen LogP contribution in [0.3, 0.4) is 0 Å². The van der Waals surface area contributed by atoms with E-state index in [1.807, 2.05) is 32.9 Å². The summed E-state index contributed by atoms with van der Waals surface area (Å²) in [6.45, 7) is 12.5. The number of nitrogens with zero attached hydrogens (tertiary/aromatic N) is 1. The van der Waals surface area contributed by atoms with Crippen LogP contribution in [0.1, 0.15) is 40.2 Å². The van der Waals surface area contributed by atoms with Crippen molar-refractivity contribution in [1.82, 2.24) is 4.90 Å². The van der Waals surface area contributed by atoms with Gasteiger partial charge in [-0.1, -0.05) is 12.1 Å². The zero-order valence-corrected chi connectivity index (χ0v) is 14.8. The van der Waals surface area contributed by atoms with Crippen molar-refractivity contribution < 1.29 is 18.8 Å². The van der Waals surface area contributed by atoms with Gasteiger partial charge in [0.2, 0.25) is 0 Å². The van der Waals surface area contributed by atoms with E-state index in [2.05, 4.69) is 13.8 Å². The maximum Gasteiger partial charge on any atom is 0.410 e. The van der Waals surface area contributed by atoms with E-state index in [9.17, 15) is 9.18 Å². The number of nitrogens with one attached hydrogen (secondary N) is 1. The number of halogens is 1. The normalized spacial score (nSPS) is 17.2. The van der Waals surface area contributed by atoms with Gasteiger partial charge in [-0.25, -0.2) is 9.18 Å². The molecule has 0 saturated carbocycles. The third-order valence-corrected chi connectivity index (χ3v) is 4.45. The number of quaternary nitrogens is 1. The van der Waals surface area contributed by atoms with Crippen molar-refractivity contribution in [2.24, 2.45) is 0 Å². The molecule has 1 fully saturated rings. The maximum absolute atomic E-state index is 14.1. The van der Waals surface area contributed by atoms with E-state index in [0.717, 1.165) is 18.7 Å². The molecule has 0 radical (unpaired) electrons. The standard InChI is InChI=1S/C18H27FN2O2/c1-17(2,3)23-16(22)20-10-12-21(13-11-20)18(4,5)14-8-6-7-9-15(14)19/h6-9H,10-13H2,1-5H3/p+1. The smallest absolute Gasteiger partial charge is 0.410 e. The van der Waals surface area contributed by atoms with Gasteiger partial charge in [-0.05, 0) is 46.8 Å². The summed E-state index contributed by atoms with van der Waals surface area (Å²) in [6, 6.07) is 6.94. The van der Waals surface area contributed by atoms with E-state index >= 15 is 0 Å². The van der Waals surface area contributed by atoms with Gasteiger partial charge in [0.15, 0.2) is 0 Å². The lowest BCUT2D eigenvalue weighted by Gasteiger charge is -2.41. The van der Waals surface area contributed by atoms with Crippen molar-refractivity contribution in [3.8, 4) is 0 Å². The zero-order chi connectivity index (χ0) is 17.3. The van der Waals surface area contributed by atoms with Crippen LogP contribution in [0.5, 0.6) is 0 Å². The minimum Gasteiger partial charge on any atom is -0.444 e. The highest BCUT2D eigenvalue weighted by molar-refractivity contribution is 5.68. The van der Waals surface area contributed by atoms with Gasteiger partial charge in [0.1, 0.15) is 17.0 Å². The summed E-state index contributed by atoms with van der Waals surface area (Å²) >= 11 is 0. The van der Waals surface area contributed by atoms with Crippen LogP contribution in [0.4, 0.5) is 9.18 Å². The number of ether oxygens (including phenoxy) is 1. The van der Waals surface area contributed by atoms with Crippen LogP contribution in [-0.4, -0.2) is 42.8 Å². The van der Waals surface area contributed by atoms with Crippen molar-refractivity contribution in [1.29, 1.82) is 0 Å². The number of amides is 1. The SMILES string of the molecule is CC(C)(C)OC(=O)N1CC[NH+](C(C)(C)c2ccccc2F)CC1. The average Bonchev–Trinajstić information content (AvgIpc) is 2.46. The van der Waals surface area contributed by atoms with Gasteiger partial charge < -0.3 is 9.64 Å². The molecule has 1 amide bonds. The molecule has 128 valence electrons. The minimum absolute atomic E-state index is 0.167. The number of hydrogen-bond acceptors (Lipinski definition) is 2. The van der Waals surface area contributed by atoms with E-state index in [4.69, 9.17) is 4.74 Å². The first kappa shape index (κ1) is 17.7. The maximum atomic E-state index is 14.1. The lowest BCUT2D eigenvalue weighted by atomic mass is 9.91. The first-order valence-corrected chi connectivity index (χ1v) is 8.19. The van der Waals surface area contributed by atoms with Crippen molar-refractivity contribution in [3.05, 3.63) is 35.6 Å². The fourth-order valence-corrected chi connectivity index (χ4v) is 3.07. The van der Waals surface area contributed by atoms with Gasteiger partial charge in [-0.15, -0.1) is 0 Å². The van der Waals surface area contributed by atoms with Crippen LogP contribution in [0.2, 0.25) is 0 Å². The third kappa shape index (κ3) is 4.22. The molecule has 1 aliphatic heterocycles. The van der Waals surface area contributed by atoms with Crippen molar-refractivity contribution >= 4 is 6.09 Å². The monoisotopic (exact) mass is 323 g/mol. The highest BCUT2D eigenvalue weighted by atomic mass is 19.1. The Bertz CT molecular complexity index is 558. The molecule has 1 aromatic rings. The lowest BCUT2D eigenvalue weighted by Crippen LogP contribution is -3.20. The minimum atomic E-state index is -0.479. The van der Waals surface area contributed by atoms with Gasteiger partial charge in [-0.2, -0.15) is 0 Å². The van der Waals surface area contributed by atoms with E-state index in [0.29, 0.717) is 13.1 Å². The molecule has 2 rings (SSSR count). The van der Waals surface area contributed by atoms with E-state index < -0.39 is 5.60 Å². The number of hydrogen-bond donors (Lipinski definition) is 1. The van der Waals surface area contributed by atoms with E-state index in [-0.39, 0.29) is 17.4 Å². The van der Waals surface area contributed by atoms with Gasteiger partial charge in [0.05, 0.1) is 26.2 Å². The predicted molar refractivity (Wildman–Crippen MR) is 87.9 cm³/mol. The number of carbonyl (C=O) groups excluding carboxylic acids is 1. The molecule has 0 aliphatic carbocycles. The molecule has 0 bridgehead atoms. The second-order valence-corrected chi connectivity index (χ2v) is 7.68. The summed E-state index contributed by atoms with van der Waals surface area (Å²) in [5.74, 6) is -0.167. The van der Waals surface area contributed by atoms with Gasteiger partial charge >= 0.3 is 6.09 Å². The Balaban J connectivity index is 2.01. The van der Waals surface area contributed by atoms with E-state index in [1.54, 1.807) is 11.0 Å². The highest BCUT2D eigenvalue weighted by Gasteiger charge is 2.38. The second-order valence-electron chi connectivity index (χ2n) is 7.68. The third-order valence-electron chi connectivity index (χ3n) is 4.45. The molecular formula is C18H28FN2O2+. The number of rotatable bonds is 2. The Hall–Kier alpha value is -1.62. The topological polar surface area (TPSA) is 34.0 Å². The fourth-order valence-electron chi connectivity index (χ4n) is 3.07. The molecule has 0 unspecified atom stereocenters. The van der Waals surface area contributed by atoms with Crippen molar-refractivity contribution in [2.75, 3.05) is 26.2 Å². The Morgan fingerprint density at radius 3 is 2.22 bits per heavy atom. The molecule has 23 heavy (non-hydrogen) atoms. The first-order valence-electron chi connectivity index (χ1n) is 8.19. The largest absolute Gasteiger partial charge is 0.444 e.